The Morgan fingerprint density at radius 1 is 1.16 bits per heavy atom. The summed E-state index contributed by atoms with van der Waals surface area (Å²) in [5, 5.41) is 10.8. The molecule has 164 valence electrons. The molecule has 0 atom stereocenters. The molecule has 4 rings (SSSR count). The monoisotopic (exact) mass is 455 g/mol. The fourth-order valence-corrected chi connectivity index (χ4v) is 4.42. The average Bonchev–Trinajstić information content (AvgIpc) is 3.19. The molecule has 0 fully saturated rings. The van der Waals surface area contributed by atoms with E-state index in [1.807, 2.05) is 24.3 Å². The summed E-state index contributed by atoms with van der Waals surface area (Å²) >= 11 is 0.867. The largest absolute Gasteiger partial charge is 0.489 e. The first-order valence-electron chi connectivity index (χ1n) is 9.59. The molecule has 0 aliphatic carbocycles. The van der Waals surface area contributed by atoms with E-state index in [4.69, 9.17) is 9.47 Å². The number of carbonyl (C=O) groups is 3. The lowest BCUT2D eigenvalue weighted by atomic mass is 10.0. The summed E-state index contributed by atoms with van der Waals surface area (Å²) in [7, 11) is 1.60. The average molecular weight is 455 g/mol. The molecule has 0 unspecified atom stereocenters. The molecule has 3 aromatic rings. The highest BCUT2D eigenvalue weighted by atomic mass is 32.1. The molecule has 0 saturated heterocycles. The predicted molar refractivity (Wildman–Crippen MR) is 115 cm³/mol. The summed E-state index contributed by atoms with van der Waals surface area (Å²) in [6, 6.07) is 11.3. The van der Waals surface area contributed by atoms with Crippen LogP contribution in [-0.2, 0) is 29.2 Å². The van der Waals surface area contributed by atoms with E-state index in [1.165, 1.54) is 17.5 Å². The predicted octanol–water partition coefficient (Wildman–Crippen LogP) is 4.04. The summed E-state index contributed by atoms with van der Waals surface area (Å²) in [5.41, 5.74) is 1.81. The van der Waals surface area contributed by atoms with Gasteiger partial charge < -0.3 is 14.6 Å². The zero-order chi connectivity index (χ0) is 22.8. The lowest BCUT2D eigenvalue weighted by Gasteiger charge is -2.26. The molecule has 0 spiro atoms. The smallest absolute Gasteiger partial charge is 0.346 e. The Hall–Kier alpha value is -3.56. The van der Waals surface area contributed by atoms with Gasteiger partial charge in [-0.2, -0.15) is 0 Å². The van der Waals surface area contributed by atoms with Crippen molar-refractivity contribution in [2.24, 2.45) is 0 Å². The molecule has 7 nitrogen and oxygen atoms in total. The van der Waals surface area contributed by atoms with Gasteiger partial charge in [-0.1, -0.05) is 24.3 Å². The first-order valence-corrected chi connectivity index (χ1v) is 10.5. The summed E-state index contributed by atoms with van der Waals surface area (Å²) in [6.07, 6.45) is -0.193. The van der Waals surface area contributed by atoms with Crippen LogP contribution in [0.1, 0.15) is 36.7 Å². The molecule has 1 aromatic heterocycles. The number of amides is 2. The maximum atomic E-state index is 14.6. The van der Waals surface area contributed by atoms with Crippen molar-refractivity contribution in [1.82, 2.24) is 0 Å². The number of carboxylic acids is 1. The molecule has 2 heterocycles. The second kappa shape index (κ2) is 8.89. The van der Waals surface area contributed by atoms with Crippen LogP contribution in [0.2, 0.25) is 0 Å². The highest BCUT2D eigenvalue weighted by Gasteiger charge is 2.38. The summed E-state index contributed by atoms with van der Waals surface area (Å²) < 4.78 is 25.5. The van der Waals surface area contributed by atoms with Gasteiger partial charge in [-0.25, -0.2) is 14.1 Å². The molecule has 1 aliphatic rings. The number of carbonyl (C=O) groups excluding carboxylic acids is 2. The van der Waals surface area contributed by atoms with Gasteiger partial charge in [0.25, 0.3) is 5.91 Å². The molecule has 2 aromatic carbocycles. The molecule has 1 N–H and O–H groups in total. The van der Waals surface area contributed by atoms with Gasteiger partial charge in [0.2, 0.25) is 5.91 Å². The van der Waals surface area contributed by atoms with E-state index < -0.39 is 23.6 Å². The Labute approximate surface area is 186 Å². The molecular weight excluding hydrogens is 437 g/mol. The second-order valence-electron chi connectivity index (χ2n) is 7.14. The number of methoxy groups -OCH3 is 1. The van der Waals surface area contributed by atoms with Crippen molar-refractivity contribution in [3.8, 4) is 5.75 Å². The van der Waals surface area contributed by atoms with Crippen molar-refractivity contribution in [2.45, 2.75) is 19.6 Å². The number of hydrogen-bond donors (Lipinski definition) is 1. The van der Waals surface area contributed by atoms with Crippen molar-refractivity contribution < 1.29 is 33.4 Å². The van der Waals surface area contributed by atoms with Crippen LogP contribution in [0.15, 0.2) is 47.8 Å². The third-order valence-electron chi connectivity index (χ3n) is 4.94. The zero-order valence-corrected chi connectivity index (χ0v) is 17.8. The van der Waals surface area contributed by atoms with Crippen molar-refractivity contribution in [3.63, 3.8) is 0 Å². The van der Waals surface area contributed by atoms with E-state index in [0.29, 0.717) is 17.1 Å². The molecule has 2 amide bonds. The maximum Gasteiger partial charge on any atom is 0.346 e. The van der Waals surface area contributed by atoms with Gasteiger partial charge in [-0.15, -0.1) is 11.3 Å². The fraction of sp³-hybridized carbons (Fsp3) is 0.174. The number of imide groups is 1. The minimum absolute atomic E-state index is 0.0808. The lowest BCUT2D eigenvalue weighted by molar-refractivity contribution is -0.117. The van der Waals surface area contributed by atoms with Crippen LogP contribution in [0.25, 0.3) is 0 Å². The molecule has 0 radical (unpaired) electrons. The van der Waals surface area contributed by atoms with E-state index in [0.717, 1.165) is 28.5 Å². The van der Waals surface area contributed by atoms with Crippen LogP contribution >= 0.6 is 11.3 Å². The van der Waals surface area contributed by atoms with Crippen LogP contribution in [0.5, 0.6) is 5.75 Å². The van der Waals surface area contributed by atoms with Gasteiger partial charge in [0, 0.05) is 13.2 Å². The Bertz CT molecular complexity index is 1220. The van der Waals surface area contributed by atoms with Gasteiger partial charge in [0.1, 0.15) is 23.1 Å². The number of hydrogen-bond acceptors (Lipinski definition) is 6. The van der Waals surface area contributed by atoms with Crippen molar-refractivity contribution in [1.29, 1.82) is 0 Å². The van der Waals surface area contributed by atoms with Crippen molar-refractivity contribution in [2.75, 3.05) is 12.0 Å². The SMILES string of the molecule is COCc1cccc(COc2ccc(F)c(N3C(=O)Cc4csc(C(=O)O)c4C3=O)c2)c1. The number of rotatable bonds is 7. The van der Waals surface area contributed by atoms with Gasteiger partial charge in [-0.3, -0.25) is 9.59 Å². The number of carboxylic acid groups (broad SMARTS) is 1. The van der Waals surface area contributed by atoms with Crippen molar-refractivity contribution >= 4 is 34.8 Å². The normalized spacial score (nSPS) is 13.2. The molecule has 32 heavy (non-hydrogen) atoms. The number of nitrogens with zero attached hydrogens (tertiary/aromatic N) is 1. The summed E-state index contributed by atoms with van der Waals surface area (Å²) in [6.45, 7) is 0.638. The van der Waals surface area contributed by atoms with E-state index in [9.17, 15) is 23.9 Å². The minimum atomic E-state index is -1.27. The van der Waals surface area contributed by atoms with E-state index >= 15 is 0 Å². The van der Waals surface area contributed by atoms with Gasteiger partial charge in [0.15, 0.2) is 0 Å². The Morgan fingerprint density at radius 2 is 1.91 bits per heavy atom. The number of halogens is 1. The summed E-state index contributed by atoms with van der Waals surface area (Å²) in [5.74, 6) is -3.31. The Balaban J connectivity index is 1.60. The quantitative estimate of drug-likeness (QED) is 0.541. The van der Waals surface area contributed by atoms with Crippen LogP contribution in [0.3, 0.4) is 0 Å². The highest BCUT2D eigenvalue weighted by Crippen LogP contribution is 2.34. The number of thiophene rings is 1. The second-order valence-corrected chi connectivity index (χ2v) is 8.02. The lowest BCUT2D eigenvalue weighted by Crippen LogP contribution is -2.43. The van der Waals surface area contributed by atoms with E-state index in [1.54, 1.807) is 7.11 Å². The number of fused-ring (bicyclic) bond motifs is 1. The maximum absolute atomic E-state index is 14.6. The Morgan fingerprint density at radius 3 is 2.62 bits per heavy atom. The highest BCUT2D eigenvalue weighted by molar-refractivity contribution is 7.12. The van der Waals surface area contributed by atoms with Gasteiger partial charge >= 0.3 is 5.97 Å². The number of ether oxygens (including phenoxy) is 2. The number of anilines is 1. The van der Waals surface area contributed by atoms with Crippen LogP contribution in [0.4, 0.5) is 10.1 Å². The molecule has 0 saturated carbocycles. The van der Waals surface area contributed by atoms with E-state index in [2.05, 4.69) is 0 Å². The van der Waals surface area contributed by atoms with Crippen LogP contribution in [0, 0.1) is 5.82 Å². The first kappa shape index (κ1) is 21.7. The summed E-state index contributed by atoms with van der Waals surface area (Å²) in [4.78, 5) is 37.6. The van der Waals surface area contributed by atoms with Crippen LogP contribution in [-0.4, -0.2) is 30.0 Å². The fourth-order valence-electron chi connectivity index (χ4n) is 3.52. The first-order chi connectivity index (χ1) is 15.4. The minimum Gasteiger partial charge on any atom is -0.489 e. The van der Waals surface area contributed by atoms with Gasteiger partial charge in [0.05, 0.1) is 24.3 Å². The van der Waals surface area contributed by atoms with E-state index in [-0.39, 0.29) is 34.9 Å². The molecule has 0 bridgehead atoms. The number of aromatic carboxylic acids is 1. The third kappa shape index (κ3) is 4.12. The zero-order valence-electron chi connectivity index (χ0n) is 17.0. The van der Waals surface area contributed by atoms with Crippen LogP contribution < -0.4 is 9.64 Å². The number of benzene rings is 2. The van der Waals surface area contributed by atoms with Crippen molar-refractivity contribution in [3.05, 3.63) is 80.8 Å². The Kier molecular flexibility index (Phi) is 6.02. The molecule has 9 heteroatoms. The topological polar surface area (TPSA) is 93.1 Å². The molecular formula is C23H18FNO6S. The molecule has 1 aliphatic heterocycles. The third-order valence-corrected chi connectivity index (χ3v) is 5.95. The standard InChI is InChI=1S/C23H18FNO6S/c1-30-10-13-3-2-4-14(7-13)11-31-16-5-6-17(24)18(9-16)25-19(26)8-15-12-32-21(23(28)29)20(15)22(25)27/h2-7,9,12H,8,10-11H2,1H3,(H,28,29). The van der Waals surface area contributed by atoms with Gasteiger partial charge in [-0.05, 0) is 34.2 Å².